The molecule has 6 heteroatoms. The van der Waals surface area contributed by atoms with Gasteiger partial charge in [-0.05, 0) is 49.8 Å². The van der Waals surface area contributed by atoms with E-state index in [0.29, 0.717) is 23.7 Å². The Kier molecular flexibility index (Phi) is 4.06. The molecule has 1 atom stereocenters. The van der Waals surface area contributed by atoms with Crippen LogP contribution in [-0.2, 0) is 4.79 Å². The fourth-order valence-electron chi connectivity index (χ4n) is 3.43. The van der Waals surface area contributed by atoms with E-state index in [1.165, 1.54) is 29.8 Å². The maximum Gasteiger partial charge on any atom is 0.249 e. The molecule has 0 fully saturated rings. The lowest BCUT2D eigenvalue weighted by Crippen LogP contribution is -2.31. The minimum atomic E-state index is -0.339. The van der Waals surface area contributed by atoms with Gasteiger partial charge in [-0.1, -0.05) is 17.4 Å². The van der Waals surface area contributed by atoms with Crippen molar-refractivity contribution in [1.29, 1.82) is 0 Å². The standard InChI is InChI=1S/C18H19N3O2S/c22-15-9-8-14(21-10-4-7-13(15)21)17(23)20-18-19-11-16(24-18)12-5-2-1-3-6-12/h4-5,7,10-11,14H,1-3,6,8-9H2,(H,19,20,23). The Balaban J connectivity index is 1.49. The lowest BCUT2D eigenvalue weighted by molar-refractivity contribution is -0.119. The highest BCUT2D eigenvalue weighted by molar-refractivity contribution is 7.16. The van der Waals surface area contributed by atoms with E-state index in [9.17, 15) is 9.59 Å². The first-order chi connectivity index (χ1) is 11.7. The number of fused-ring (bicyclic) bond motifs is 1. The van der Waals surface area contributed by atoms with Crippen LogP contribution in [0, 0.1) is 0 Å². The van der Waals surface area contributed by atoms with Gasteiger partial charge >= 0.3 is 0 Å². The van der Waals surface area contributed by atoms with Crippen molar-refractivity contribution in [2.24, 2.45) is 0 Å². The molecule has 124 valence electrons. The lowest BCUT2D eigenvalue weighted by Gasteiger charge is -2.24. The Morgan fingerprint density at radius 2 is 2.25 bits per heavy atom. The molecular formula is C18H19N3O2S. The Morgan fingerprint density at radius 3 is 3.08 bits per heavy atom. The molecule has 5 nitrogen and oxygen atoms in total. The van der Waals surface area contributed by atoms with Crippen LogP contribution in [0.1, 0.15) is 59.9 Å². The van der Waals surface area contributed by atoms with Gasteiger partial charge in [0.15, 0.2) is 10.9 Å². The quantitative estimate of drug-likeness (QED) is 0.916. The van der Waals surface area contributed by atoms with Crippen LogP contribution in [0.15, 0.2) is 30.6 Å². The number of nitrogens with one attached hydrogen (secondary N) is 1. The number of carbonyl (C=O) groups is 2. The van der Waals surface area contributed by atoms with Crippen molar-refractivity contribution in [2.45, 2.75) is 44.6 Å². The van der Waals surface area contributed by atoms with E-state index in [1.54, 1.807) is 16.8 Å². The summed E-state index contributed by atoms with van der Waals surface area (Å²) in [6, 6.07) is 3.25. The van der Waals surface area contributed by atoms with E-state index >= 15 is 0 Å². The molecule has 0 saturated heterocycles. The first kappa shape index (κ1) is 15.3. The molecule has 1 aliphatic heterocycles. The molecule has 1 aliphatic carbocycles. The van der Waals surface area contributed by atoms with E-state index < -0.39 is 0 Å². The zero-order chi connectivity index (χ0) is 16.5. The molecule has 0 saturated carbocycles. The Labute approximate surface area is 144 Å². The van der Waals surface area contributed by atoms with Gasteiger partial charge < -0.3 is 9.88 Å². The van der Waals surface area contributed by atoms with Gasteiger partial charge in [0.1, 0.15) is 6.04 Å². The number of carbonyl (C=O) groups excluding carboxylic acids is 2. The second-order valence-electron chi connectivity index (χ2n) is 6.27. The SMILES string of the molecule is O=C1CCC(C(=O)Nc2ncc(C3=CCCCC3)s2)n2cccc21. The van der Waals surface area contributed by atoms with Gasteiger partial charge in [-0.3, -0.25) is 9.59 Å². The number of nitrogens with zero attached hydrogens (tertiary/aromatic N) is 2. The first-order valence-electron chi connectivity index (χ1n) is 8.38. The van der Waals surface area contributed by atoms with E-state index in [1.807, 2.05) is 12.3 Å². The molecule has 2 aliphatic rings. The smallest absolute Gasteiger partial charge is 0.249 e. The van der Waals surface area contributed by atoms with Crippen molar-refractivity contribution in [1.82, 2.24) is 9.55 Å². The number of ketones is 1. The van der Waals surface area contributed by atoms with Crippen molar-refractivity contribution in [2.75, 3.05) is 5.32 Å². The van der Waals surface area contributed by atoms with Gasteiger partial charge in [0.2, 0.25) is 5.91 Å². The molecule has 4 rings (SSSR count). The van der Waals surface area contributed by atoms with Gasteiger partial charge in [0.05, 0.1) is 10.6 Å². The fourth-order valence-corrected chi connectivity index (χ4v) is 4.31. The molecule has 1 N–H and O–H groups in total. The predicted octanol–water partition coefficient (Wildman–Crippen LogP) is 4.06. The summed E-state index contributed by atoms with van der Waals surface area (Å²) in [5.74, 6) is 0.00305. The molecule has 0 aromatic carbocycles. The maximum atomic E-state index is 12.6. The van der Waals surface area contributed by atoms with Crippen molar-refractivity contribution < 1.29 is 9.59 Å². The molecule has 24 heavy (non-hydrogen) atoms. The lowest BCUT2D eigenvalue weighted by atomic mass is 9.99. The Bertz CT molecular complexity index is 818. The molecule has 2 aromatic rings. The average molecular weight is 341 g/mol. The second kappa shape index (κ2) is 6.36. The van der Waals surface area contributed by atoms with Crippen LogP contribution >= 0.6 is 11.3 Å². The van der Waals surface area contributed by atoms with Crippen molar-refractivity contribution in [3.63, 3.8) is 0 Å². The zero-order valence-corrected chi connectivity index (χ0v) is 14.1. The molecule has 0 radical (unpaired) electrons. The van der Waals surface area contributed by atoms with E-state index in [-0.39, 0.29) is 17.7 Å². The molecule has 1 amide bonds. The Morgan fingerprint density at radius 1 is 1.33 bits per heavy atom. The van der Waals surface area contributed by atoms with Gasteiger partial charge in [-0.25, -0.2) is 4.98 Å². The summed E-state index contributed by atoms with van der Waals surface area (Å²) in [5.41, 5.74) is 1.96. The van der Waals surface area contributed by atoms with Gasteiger partial charge in [-0.2, -0.15) is 0 Å². The topological polar surface area (TPSA) is 64.0 Å². The normalized spacial score (nSPS) is 20.4. The summed E-state index contributed by atoms with van der Waals surface area (Å²) >= 11 is 1.53. The number of Topliss-reactive ketones (excluding diaryl/α,β-unsaturated/α-hetero) is 1. The van der Waals surface area contributed by atoms with Crippen LogP contribution in [0.4, 0.5) is 5.13 Å². The predicted molar refractivity (Wildman–Crippen MR) is 94.2 cm³/mol. The minimum absolute atomic E-state index is 0.0986. The average Bonchev–Trinajstić information content (AvgIpc) is 3.26. The molecule has 0 spiro atoms. The third kappa shape index (κ3) is 2.82. The van der Waals surface area contributed by atoms with Crippen molar-refractivity contribution in [3.8, 4) is 0 Å². The third-order valence-electron chi connectivity index (χ3n) is 4.69. The van der Waals surface area contributed by atoms with Gasteiger partial charge in [0.25, 0.3) is 0 Å². The van der Waals surface area contributed by atoms with Gasteiger partial charge in [-0.15, -0.1) is 0 Å². The summed E-state index contributed by atoms with van der Waals surface area (Å²) in [4.78, 5) is 30.0. The van der Waals surface area contributed by atoms with E-state index in [2.05, 4.69) is 16.4 Å². The Hall–Kier alpha value is -2.21. The van der Waals surface area contributed by atoms with Crippen LogP contribution in [0.5, 0.6) is 0 Å². The van der Waals surface area contributed by atoms with E-state index in [4.69, 9.17) is 0 Å². The molecule has 3 heterocycles. The van der Waals surface area contributed by atoms with Crippen LogP contribution in [0.3, 0.4) is 0 Å². The molecular weight excluding hydrogens is 322 g/mol. The summed E-state index contributed by atoms with van der Waals surface area (Å²) in [5, 5.41) is 3.56. The van der Waals surface area contributed by atoms with Crippen LogP contribution in [-0.4, -0.2) is 21.2 Å². The number of anilines is 1. The molecule has 1 unspecified atom stereocenters. The summed E-state index contributed by atoms with van der Waals surface area (Å²) < 4.78 is 1.78. The highest BCUT2D eigenvalue weighted by Gasteiger charge is 2.30. The molecule has 2 aromatic heterocycles. The number of hydrogen-bond acceptors (Lipinski definition) is 4. The van der Waals surface area contributed by atoms with Crippen molar-refractivity contribution in [3.05, 3.63) is 41.2 Å². The van der Waals surface area contributed by atoms with Gasteiger partial charge in [0, 0.05) is 18.8 Å². The largest absolute Gasteiger partial charge is 0.333 e. The van der Waals surface area contributed by atoms with Crippen LogP contribution in [0.25, 0.3) is 5.57 Å². The summed E-state index contributed by atoms with van der Waals surface area (Å²) in [6.07, 6.45) is 11.6. The number of thiazole rings is 1. The monoisotopic (exact) mass is 341 g/mol. The maximum absolute atomic E-state index is 12.6. The number of aromatic nitrogens is 2. The minimum Gasteiger partial charge on any atom is -0.333 e. The summed E-state index contributed by atoms with van der Waals surface area (Å²) in [6.45, 7) is 0. The number of allylic oxidation sites excluding steroid dienone is 2. The zero-order valence-electron chi connectivity index (χ0n) is 13.3. The summed E-state index contributed by atoms with van der Waals surface area (Å²) in [7, 11) is 0. The van der Waals surface area contributed by atoms with E-state index in [0.717, 1.165) is 17.7 Å². The third-order valence-corrected chi connectivity index (χ3v) is 5.68. The highest BCUT2D eigenvalue weighted by Crippen LogP contribution is 2.33. The van der Waals surface area contributed by atoms with Crippen molar-refractivity contribution >= 4 is 33.7 Å². The highest BCUT2D eigenvalue weighted by atomic mass is 32.1. The second-order valence-corrected chi connectivity index (χ2v) is 7.30. The molecule has 0 bridgehead atoms. The number of amides is 1. The van der Waals surface area contributed by atoms with Crippen LogP contribution in [0.2, 0.25) is 0 Å². The fraction of sp³-hybridized carbons (Fsp3) is 0.389. The number of hydrogen-bond donors (Lipinski definition) is 1. The first-order valence-corrected chi connectivity index (χ1v) is 9.20. The number of rotatable bonds is 3. The van der Waals surface area contributed by atoms with Crippen LogP contribution < -0.4 is 5.32 Å².